The van der Waals surface area contributed by atoms with Crippen LogP contribution in [0, 0.1) is 0 Å². The van der Waals surface area contributed by atoms with E-state index in [-0.39, 0.29) is 18.7 Å². The van der Waals surface area contributed by atoms with Crippen LogP contribution in [0.1, 0.15) is 27.0 Å². The van der Waals surface area contributed by atoms with Crippen molar-refractivity contribution in [3.05, 3.63) is 64.7 Å². The third kappa shape index (κ3) is 4.20. The zero-order valence-electron chi connectivity index (χ0n) is 20.8. The monoisotopic (exact) mass is 499 g/mol. The van der Waals surface area contributed by atoms with Crippen LogP contribution in [0.2, 0.25) is 10.4 Å². The van der Waals surface area contributed by atoms with Crippen LogP contribution in [0.3, 0.4) is 0 Å². The minimum absolute atomic E-state index is 0.160. The molecule has 2 saturated heterocycles. The number of hydrogen-bond acceptors (Lipinski definition) is 6. The summed E-state index contributed by atoms with van der Waals surface area (Å²) in [6.45, 7) is 4.26. The molecule has 3 amide bonds. The molecule has 182 valence electrons. The first-order valence-electron chi connectivity index (χ1n) is 12.2. The standard InChI is InChI=1S/C25H22B5N3O5/c26-23(27)21(35)31-22(36)24(28,25(23,29)30)33-13-18-17(20(33)34)2-1-3-19(18)38-14-16-6-4-15(5-7-16)12-32-8-10-37-11-9-32/h1-7H,8-14H2,(H,31,35,36). The van der Waals surface area contributed by atoms with E-state index in [1.165, 1.54) is 5.56 Å². The number of carbonyl (C=O) groups is 3. The molecule has 5 rings (SSSR count). The second-order valence-electron chi connectivity index (χ2n) is 9.95. The van der Waals surface area contributed by atoms with Gasteiger partial charge in [0.05, 0.1) is 56.6 Å². The maximum absolute atomic E-state index is 13.4. The average molecular weight is 499 g/mol. The van der Waals surface area contributed by atoms with Gasteiger partial charge in [0.25, 0.3) is 5.91 Å². The van der Waals surface area contributed by atoms with Crippen molar-refractivity contribution in [2.24, 2.45) is 0 Å². The van der Waals surface area contributed by atoms with Gasteiger partial charge in [-0.1, -0.05) is 35.5 Å². The number of fused-ring (bicyclic) bond motifs is 1. The molecule has 2 aromatic rings. The predicted molar refractivity (Wildman–Crippen MR) is 143 cm³/mol. The van der Waals surface area contributed by atoms with Crippen LogP contribution in [0.25, 0.3) is 0 Å². The Bertz CT molecular complexity index is 1280. The van der Waals surface area contributed by atoms with Gasteiger partial charge >= 0.3 is 0 Å². The van der Waals surface area contributed by atoms with Gasteiger partial charge in [0.2, 0.25) is 11.8 Å². The smallest absolute Gasteiger partial charge is 0.254 e. The first-order chi connectivity index (χ1) is 18.0. The molecule has 2 aromatic carbocycles. The Kier molecular flexibility index (Phi) is 6.80. The first-order valence-corrected chi connectivity index (χ1v) is 12.2. The number of hydrogen-bond donors (Lipinski definition) is 1. The summed E-state index contributed by atoms with van der Waals surface area (Å²) in [6.07, 6.45) is 0. The van der Waals surface area contributed by atoms with E-state index in [1.54, 1.807) is 18.2 Å². The number of benzene rings is 2. The lowest BCUT2D eigenvalue weighted by atomic mass is 9.21. The summed E-state index contributed by atoms with van der Waals surface area (Å²) in [5, 5.41) is -2.93. The molecule has 0 saturated carbocycles. The molecule has 13 heteroatoms. The van der Waals surface area contributed by atoms with Crippen LogP contribution in [0.15, 0.2) is 42.5 Å². The third-order valence-corrected chi connectivity index (χ3v) is 7.54. The van der Waals surface area contributed by atoms with Crippen LogP contribution in [0.4, 0.5) is 0 Å². The van der Waals surface area contributed by atoms with Crippen molar-refractivity contribution in [3.8, 4) is 5.75 Å². The van der Waals surface area contributed by atoms with Gasteiger partial charge in [-0.15, -0.1) is 0 Å². The van der Waals surface area contributed by atoms with Gasteiger partial charge in [-0.3, -0.25) is 24.6 Å². The summed E-state index contributed by atoms with van der Waals surface area (Å²) in [5.74, 6) is -2.38. The van der Waals surface area contributed by atoms with E-state index in [0.29, 0.717) is 11.3 Å². The van der Waals surface area contributed by atoms with Gasteiger partial charge < -0.3 is 14.4 Å². The molecule has 38 heavy (non-hydrogen) atoms. The largest absolute Gasteiger partial charge is 0.489 e. The van der Waals surface area contributed by atoms with Crippen LogP contribution < -0.4 is 10.1 Å². The van der Waals surface area contributed by atoms with Crippen LogP contribution in [-0.4, -0.2) is 98.5 Å². The molecule has 3 heterocycles. The topological polar surface area (TPSA) is 88.2 Å². The molecule has 1 unspecified atom stereocenters. The molecule has 3 aliphatic rings. The molecule has 3 aliphatic heterocycles. The highest BCUT2D eigenvalue weighted by atomic mass is 16.5. The Labute approximate surface area is 228 Å². The van der Waals surface area contributed by atoms with Crippen molar-refractivity contribution >= 4 is 57.0 Å². The zero-order valence-corrected chi connectivity index (χ0v) is 20.8. The average Bonchev–Trinajstić information content (AvgIpc) is 3.24. The van der Waals surface area contributed by atoms with Gasteiger partial charge in [-0.25, -0.2) is 0 Å². The minimum atomic E-state index is -2.49. The molecular weight excluding hydrogens is 476 g/mol. The summed E-state index contributed by atoms with van der Waals surface area (Å²) < 4.78 is 11.5. The zero-order chi connectivity index (χ0) is 27.3. The molecule has 0 aliphatic carbocycles. The lowest BCUT2D eigenvalue weighted by Crippen LogP contribution is -2.75. The summed E-state index contributed by atoms with van der Waals surface area (Å²) in [5.41, 5.74) is 0.459. The van der Waals surface area contributed by atoms with E-state index >= 15 is 0 Å². The van der Waals surface area contributed by atoms with Gasteiger partial charge in [-0.2, -0.15) is 0 Å². The Balaban J connectivity index is 1.32. The lowest BCUT2D eigenvalue weighted by molar-refractivity contribution is -0.140. The van der Waals surface area contributed by atoms with Crippen molar-refractivity contribution < 1.29 is 23.9 Å². The van der Waals surface area contributed by atoms with E-state index in [2.05, 4.69) is 17.0 Å². The van der Waals surface area contributed by atoms with Gasteiger partial charge in [0, 0.05) is 30.8 Å². The summed E-state index contributed by atoms with van der Waals surface area (Å²) in [6, 6.07) is 13.1. The molecule has 0 aromatic heterocycles. The van der Waals surface area contributed by atoms with Crippen LogP contribution >= 0.6 is 0 Å². The molecule has 1 N–H and O–H groups in total. The molecular formula is C25H22B5N3O5. The Morgan fingerprint density at radius 3 is 2.24 bits per heavy atom. The molecule has 10 radical (unpaired) electrons. The number of nitrogens with zero attached hydrogens (tertiary/aromatic N) is 2. The fraction of sp³-hybridized carbons (Fsp3) is 0.400. The number of amides is 3. The van der Waals surface area contributed by atoms with Crippen LogP contribution in [0.5, 0.6) is 5.75 Å². The number of rotatable bonds is 6. The highest BCUT2D eigenvalue weighted by Gasteiger charge is 2.63. The Hall–Kier alpha value is -2.91. The third-order valence-electron chi connectivity index (χ3n) is 7.54. The Morgan fingerprint density at radius 1 is 0.895 bits per heavy atom. The first kappa shape index (κ1) is 26.7. The molecule has 0 bridgehead atoms. The van der Waals surface area contributed by atoms with Gasteiger partial charge in [0.1, 0.15) is 20.2 Å². The minimum Gasteiger partial charge on any atom is -0.489 e. The van der Waals surface area contributed by atoms with E-state index < -0.39 is 33.6 Å². The number of piperidine rings is 1. The Morgan fingerprint density at radius 2 is 1.55 bits per heavy atom. The summed E-state index contributed by atoms with van der Waals surface area (Å²) in [7, 11) is 30.4. The quantitative estimate of drug-likeness (QED) is 0.426. The lowest BCUT2D eigenvalue weighted by Gasteiger charge is -2.60. The second kappa shape index (κ2) is 9.68. The molecule has 1 atom stereocenters. The van der Waals surface area contributed by atoms with Crippen molar-refractivity contribution in [1.82, 2.24) is 15.1 Å². The van der Waals surface area contributed by atoms with E-state index in [0.717, 1.165) is 43.3 Å². The van der Waals surface area contributed by atoms with E-state index in [4.69, 9.17) is 48.7 Å². The summed E-state index contributed by atoms with van der Waals surface area (Å²) in [4.78, 5) is 41.8. The van der Waals surface area contributed by atoms with Gasteiger partial charge in [0.15, 0.2) is 0 Å². The number of ether oxygens (including phenoxy) is 2. The highest BCUT2D eigenvalue weighted by molar-refractivity contribution is 6.66. The fourth-order valence-electron chi connectivity index (χ4n) is 4.98. The maximum atomic E-state index is 13.4. The number of morpholine rings is 1. The van der Waals surface area contributed by atoms with Crippen LogP contribution in [-0.2, 0) is 34.0 Å². The molecule has 0 spiro atoms. The normalized spacial score (nSPS) is 24.6. The van der Waals surface area contributed by atoms with E-state index in [1.807, 2.05) is 17.4 Å². The maximum Gasteiger partial charge on any atom is 0.254 e. The highest BCUT2D eigenvalue weighted by Crippen LogP contribution is 2.55. The molecule has 2 fully saturated rings. The van der Waals surface area contributed by atoms with Crippen molar-refractivity contribution in [2.75, 3.05) is 26.3 Å². The molecule has 8 nitrogen and oxygen atoms in total. The van der Waals surface area contributed by atoms with Crippen molar-refractivity contribution in [2.45, 2.75) is 35.6 Å². The van der Waals surface area contributed by atoms with Crippen molar-refractivity contribution in [1.29, 1.82) is 0 Å². The van der Waals surface area contributed by atoms with Crippen molar-refractivity contribution in [3.63, 3.8) is 0 Å². The number of carbonyl (C=O) groups excluding carboxylic acids is 3. The predicted octanol–water partition coefficient (Wildman–Crippen LogP) is -0.519. The summed E-state index contributed by atoms with van der Waals surface area (Å²) >= 11 is 0. The number of nitrogens with one attached hydrogen (secondary N) is 1. The van der Waals surface area contributed by atoms with Gasteiger partial charge in [-0.05, 0) is 28.5 Å². The number of imide groups is 1. The van der Waals surface area contributed by atoms with E-state index in [9.17, 15) is 14.4 Å². The second-order valence-corrected chi connectivity index (χ2v) is 9.95. The SMILES string of the molecule is [B]C1([B])C(=O)NC(=O)C([B])(N2Cc3c(OCc4ccc(CN5CCOCC5)cc4)cccc3C2=O)C1([B])[B]. The fourth-order valence-corrected chi connectivity index (χ4v) is 4.98.